The number of nitrogens with zero attached hydrogens (tertiary/aromatic N) is 1. The Bertz CT molecular complexity index is 428. The van der Waals surface area contributed by atoms with Crippen LogP contribution in [0, 0.1) is 0 Å². The lowest BCUT2D eigenvalue weighted by Crippen LogP contribution is -2.14. The predicted octanol–water partition coefficient (Wildman–Crippen LogP) is 1.19. The summed E-state index contributed by atoms with van der Waals surface area (Å²) in [6.07, 6.45) is 0.650. The number of carbonyl (C=O) groups is 1. The number of methoxy groups -OCH3 is 1. The molecule has 0 spiro atoms. The number of hydrogen-bond acceptors (Lipinski definition) is 4. The molecule has 1 atom stereocenters. The second-order valence-corrected chi connectivity index (χ2v) is 4.67. The molecule has 2 rings (SSSR count). The van der Waals surface area contributed by atoms with Gasteiger partial charge in [0.1, 0.15) is 5.75 Å². The molecule has 1 heterocycles. The van der Waals surface area contributed by atoms with E-state index in [1.165, 1.54) is 11.8 Å². The minimum atomic E-state index is -0.173. The van der Waals surface area contributed by atoms with Gasteiger partial charge < -0.3 is 10.5 Å². The quantitative estimate of drug-likeness (QED) is 0.856. The maximum Gasteiger partial charge on any atom is 0.261 e. The van der Waals surface area contributed by atoms with Gasteiger partial charge in [0.2, 0.25) is 0 Å². The van der Waals surface area contributed by atoms with Gasteiger partial charge in [0.15, 0.2) is 5.17 Å². The molecule has 16 heavy (non-hydrogen) atoms. The van der Waals surface area contributed by atoms with Crippen molar-refractivity contribution in [1.29, 1.82) is 0 Å². The third kappa shape index (κ3) is 2.36. The predicted molar refractivity (Wildman–Crippen MR) is 64.7 cm³/mol. The van der Waals surface area contributed by atoms with Crippen molar-refractivity contribution in [3.63, 3.8) is 0 Å². The summed E-state index contributed by atoms with van der Waals surface area (Å²) in [4.78, 5) is 15.1. The molecule has 0 aliphatic carbocycles. The van der Waals surface area contributed by atoms with Crippen molar-refractivity contribution in [1.82, 2.24) is 0 Å². The summed E-state index contributed by atoms with van der Waals surface area (Å²) in [7, 11) is 1.62. The summed E-state index contributed by atoms with van der Waals surface area (Å²) in [5, 5.41) is 0.192. The van der Waals surface area contributed by atoms with Crippen LogP contribution in [0.25, 0.3) is 0 Å². The molecule has 2 N–H and O–H groups in total. The van der Waals surface area contributed by atoms with Crippen LogP contribution in [0.1, 0.15) is 5.56 Å². The van der Waals surface area contributed by atoms with Gasteiger partial charge in [0.05, 0.1) is 12.4 Å². The molecule has 5 heteroatoms. The molecule has 0 fully saturated rings. The van der Waals surface area contributed by atoms with Crippen LogP contribution in [0.2, 0.25) is 0 Å². The first-order valence-electron chi connectivity index (χ1n) is 4.86. The lowest BCUT2D eigenvalue weighted by molar-refractivity contribution is -0.117. The topological polar surface area (TPSA) is 64.7 Å². The fraction of sp³-hybridized carbons (Fsp3) is 0.273. The standard InChI is InChI=1S/C11H12N2O2S/c1-15-8-4-2-7(3-5-8)6-9-10(14)13-11(12)16-9/h2-5,9H,6H2,1H3,(H2,12,13,14)/t9-/m1/s1. The first-order valence-corrected chi connectivity index (χ1v) is 5.74. The van der Waals surface area contributed by atoms with Gasteiger partial charge in [-0.1, -0.05) is 23.9 Å². The average Bonchev–Trinajstić information content (AvgIpc) is 2.59. The lowest BCUT2D eigenvalue weighted by Gasteiger charge is -2.06. The fourth-order valence-corrected chi connectivity index (χ4v) is 2.37. The molecule has 84 valence electrons. The van der Waals surface area contributed by atoms with Crippen LogP contribution < -0.4 is 10.5 Å². The summed E-state index contributed by atoms with van der Waals surface area (Å²) in [6.45, 7) is 0. The van der Waals surface area contributed by atoms with Gasteiger partial charge >= 0.3 is 0 Å². The number of rotatable bonds is 3. The number of ether oxygens (including phenoxy) is 1. The second kappa shape index (κ2) is 4.57. The van der Waals surface area contributed by atoms with Crippen molar-refractivity contribution in [2.24, 2.45) is 10.7 Å². The van der Waals surface area contributed by atoms with Crippen molar-refractivity contribution in [3.8, 4) is 5.75 Å². The van der Waals surface area contributed by atoms with Crippen LogP contribution in [0.5, 0.6) is 5.75 Å². The van der Waals surface area contributed by atoms with Crippen molar-refractivity contribution < 1.29 is 9.53 Å². The molecule has 1 aromatic rings. The number of benzene rings is 1. The smallest absolute Gasteiger partial charge is 0.261 e. The van der Waals surface area contributed by atoms with E-state index in [0.29, 0.717) is 11.6 Å². The Morgan fingerprint density at radius 3 is 2.62 bits per heavy atom. The second-order valence-electron chi connectivity index (χ2n) is 3.45. The number of amides is 1. The largest absolute Gasteiger partial charge is 0.497 e. The van der Waals surface area contributed by atoms with Crippen LogP contribution >= 0.6 is 11.8 Å². The maximum atomic E-state index is 11.4. The third-order valence-corrected chi connectivity index (χ3v) is 3.32. The highest BCUT2D eigenvalue weighted by Crippen LogP contribution is 2.24. The Kier molecular flexibility index (Phi) is 3.14. The first-order chi connectivity index (χ1) is 7.69. The van der Waals surface area contributed by atoms with Gasteiger partial charge in [0.25, 0.3) is 5.91 Å². The fourth-order valence-electron chi connectivity index (χ4n) is 1.51. The maximum absolute atomic E-state index is 11.4. The third-order valence-electron chi connectivity index (χ3n) is 2.34. The molecule has 0 unspecified atom stereocenters. The number of nitrogens with two attached hydrogens (primary N) is 1. The average molecular weight is 236 g/mol. The van der Waals surface area contributed by atoms with Crippen molar-refractivity contribution >= 4 is 22.8 Å². The van der Waals surface area contributed by atoms with E-state index in [0.717, 1.165) is 11.3 Å². The summed E-state index contributed by atoms with van der Waals surface area (Å²) >= 11 is 1.33. The summed E-state index contributed by atoms with van der Waals surface area (Å²) in [5.41, 5.74) is 6.57. The Labute approximate surface area is 97.9 Å². The zero-order valence-electron chi connectivity index (χ0n) is 8.84. The van der Waals surface area contributed by atoms with Crippen LogP contribution in [-0.4, -0.2) is 23.4 Å². The zero-order valence-corrected chi connectivity index (χ0v) is 9.66. The molecular weight excluding hydrogens is 224 g/mol. The number of hydrogen-bond donors (Lipinski definition) is 1. The molecular formula is C11H12N2O2S. The van der Waals surface area contributed by atoms with Crippen LogP contribution in [0.15, 0.2) is 29.3 Å². The Morgan fingerprint density at radius 1 is 1.44 bits per heavy atom. The van der Waals surface area contributed by atoms with Crippen LogP contribution in [0.4, 0.5) is 0 Å². The van der Waals surface area contributed by atoms with Crippen LogP contribution in [0.3, 0.4) is 0 Å². The van der Waals surface area contributed by atoms with E-state index in [-0.39, 0.29) is 11.2 Å². The van der Waals surface area contributed by atoms with Crippen molar-refractivity contribution in [2.75, 3.05) is 7.11 Å². The molecule has 4 nitrogen and oxygen atoms in total. The molecule has 0 aromatic heterocycles. The summed E-state index contributed by atoms with van der Waals surface area (Å²) in [6, 6.07) is 7.65. The Hall–Kier alpha value is -1.49. The molecule has 0 bridgehead atoms. The summed E-state index contributed by atoms with van der Waals surface area (Å²) < 4.78 is 5.06. The normalized spacial score (nSPS) is 19.7. The number of aliphatic imine (C=N–C) groups is 1. The van der Waals surface area contributed by atoms with E-state index in [1.54, 1.807) is 7.11 Å². The van der Waals surface area contributed by atoms with E-state index in [9.17, 15) is 4.79 Å². The molecule has 0 radical (unpaired) electrons. The number of amidine groups is 1. The van der Waals surface area contributed by atoms with E-state index in [1.807, 2.05) is 24.3 Å². The monoisotopic (exact) mass is 236 g/mol. The molecule has 1 amide bonds. The first kappa shape index (κ1) is 11.0. The van der Waals surface area contributed by atoms with Gasteiger partial charge in [-0.2, -0.15) is 4.99 Å². The van der Waals surface area contributed by atoms with Gasteiger partial charge in [-0.05, 0) is 24.1 Å². The Balaban J connectivity index is 2.02. The number of carbonyl (C=O) groups excluding carboxylic acids is 1. The molecule has 0 saturated carbocycles. The molecule has 1 aromatic carbocycles. The molecule has 1 aliphatic heterocycles. The van der Waals surface area contributed by atoms with Crippen molar-refractivity contribution in [3.05, 3.63) is 29.8 Å². The number of thioether (sulfide) groups is 1. The zero-order chi connectivity index (χ0) is 11.5. The van der Waals surface area contributed by atoms with Crippen molar-refractivity contribution in [2.45, 2.75) is 11.7 Å². The van der Waals surface area contributed by atoms with Gasteiger partial charge in [-0.15, -0.1) is 0 Å². The lowest BCUT2D eigenvalue weighted by atomic mass is 10.1. The van der Waals surface area contributed by atoms with E-state index in [4.69, 9.17) is 10.5 Å². The summed E-state index contributed by atoms with van der Waals surface area (Å²) in [5.74, 6) is 0.670. The SMILES string of the molecule is COc1ccc(C[C@H]2SC(N)=NC2=O)cc1. The minimum absolute atomic E-state index is 0.140. The highest BCUT2D eigenvalue weighted by molar-refractivity contribution is 8.15. The Morgan fingerprint density at radius 2 is 2.12 bits per heavy atom. The highest BCUT2D eigenvalue weighted by Gasteiger charge is 2.26. The van der Waals surface area contributed by atoms with Gasteiger partial charge in [-0.25, -0.2) is 0 Å². The van der Waals surface area contributed by atoms with E-state index in [2.05, 4.69) is 4.99 Å². The highest BCUT2D eigenvalue weighted by atomic mass is 32.2. The van der Waals surface area contributed by atoms with Crippen LogP contribution in [-0.2, 0) is 11.2 Å². The van der Waals surface area contributed by atoms with Gasteiger partial charge in [0, 0.05) is 0 Å². The molecule has 0 saturated heterocycles. The van der Waals surface area contributed by atoms with E-state index < -0.39 is 0 Å². The molecule has 1 aliphatic rings. The minimum Gasteiger partial charge on any atom is -0.497 e. The van der Waals surface area contributed by atoms with E-state index >= 15 is 0 Å². The van der Waals surface area contributed by atoms with Gasteiger partial charge in [-0.3, -0.25) is 4.79 Å².